The van der Waals surface area contributed by atoms with E-state index in [2.05, 4.69) is 25.4 Å². The van der Waals surface area contributed by atoms with Gasteiger partial charge in [-0.05, 0) is 0 Å². The first-order chi connectivity index (χ1) is 9.24. The molecule has 1 aliphatic rings. The van der Waals surface area contributed by atoms with E-state index in [-0.39, 0.29) is 29.9 Å². The van der Waals surface area contributed by atoms with E-state index < -0.39 is 6.23 Å². The highest BCUT2D eigenvalue weighted by Gasteiger charge is 2.37. The highest BCUT2D eigenvalue weighted by molar-refractivity contribution is 5.98. The van der Waals surface area contributed by atoms with Crippen molar-refractivity contribution in [2.75, 3.05) is 6.61 Å². The van der Waals surface area contributed by atoms with Crippen molar-refractivity contribution in [2.24, 2.45) is 0 Å². The summed E-state index contributed by atoms with van der Waals surface area (Å²) < 4.78 is 12.5. The van der Waals surface area contributed by atoms with Crippen molar-refractivity contribution < 1.29 is 14.3 Å². The number of hydrogen-bond donors (Lipinski definition) is 2. The molecular formula is C10H11N4O4Si. The topological polar surface area (TPSA) is 102 Å². The molecule has 0 aromatic carbocycles. The van der Waals surface area contributed by atoms with Crippen LogP contribution in [0.5, 0.6) is 0 Å². The van der Waals surface area contributed by atoms with Gasteiger partial charge in [0.1, 0.15) is 0 Å². The van der Waals surface area contributed by atoms with Gasteiger partial charge in [-0.15, -0.1) is 0 Å². The zero-order valence-corrected chi connectivity index (χ0v) is 10.8. The average molecular weight is 279 g/mol. The van der Waals surface area contributed by atoms with E-state index >= 15 is 0 Å². The summed E-state index contributed by atoms with van der Waals surface area (Å²) in [4.78, 5) is 22.2. The van der Waals surface area contributed by atoms with Crippen molar-refractivity contribution in [3.05, 3.63) is 23.0 Å². The molecule has 0 spiro atoms. The molecule has 0 aliphatic carbocycles. The number of ether oxygens (including phenoxy) is 1. The summed E-state index contributed by atoms with van der Waals surface area (Å²) in [6.07, 6.45) is 2.22. The molecular weight excluding hydrogens is 268 g/mol. The Morgan fingerprint density at radius 2 is 2.47 bits per heavy atom. The van der Waals surface area contributed by atoms with E-state index in [1.807, 2.05) is 0 Å². The molecule has 3 atom stereocenters. The van der Waals surface area contributed by atoms with Crippen LogP contribution in [0.25, 0.3) is 11.2 Å². The number of aliphatic hydroxyl groups is 1. The number of aromatic amines is 1. The van der Waals surface area contributed by atoms with Gasteiger partial charge in [-0.1, -0.05) is 0 Å². The van der Waals surface area contributed by atoms with E-state index in [1.54, 1.807) is 4.57 Å². The molecule has 2 aromatic heterocycles. The Morgan fingerprint density at radius 3 is 3.21 bits per heavy atom. The van der Waals surface area contributed by atoms with Crippen molar-refractivity contribution in [2.45, 2.75) is 24.9 Å². The van der Waals surface area contributed by atoms with E-state index in [4.69, 9.17) is 14.3 Å². The largest absolute Gasteiger partial charge is 0.411 e. The van der Waals surface area contributed by atoms with Gasteiger partial charge in [0.15, 0.2) is 17.4 Å². The van der Waals surface area contributed by atoms with Crippen LogP contribution in [0.3, 0.4) is 0 Å². The molecule has 0 bridgehead atoms. The van der Waals surface area contributed by atoms with Crippen LogP contribution in [0.4, 0.5) is 0 Å². The predicted octanol–water partition coefficient (Wildman–Crippen LogP) is -1.13. The lowest BCUT2D eigenvalue weighted by molar-refractivity contribution is -0.0427. The smallest absolute Gasteiger partial charge is 0.278 e. The molecule has 0 amide bonds. The maximum atomic E-state index is 11.6. The number of aliphatic hydroxyl groups excluding tert-OH is 1. The summed E-state index contributed by atoms with van der Waals surface area (Å²) in [6, 6.07) is 0. The minimum Gasteiger partial charge on any atom is -0.411 e. The van der Waals surface area contributed by atoms with E-state index in [0.29, 0.717) is 12.1 Å². The molecule has 3 radical (unpaired) electrons. The molecule has 1 fully saturated rings. The number of fused-ring (bicyclic) bond motifs is 1. The zero-order chi connectivity index (χ0) is 13.4. The molecule has 3 rings (SSSR count). The van der Waals surface area contributed by atoms with Crippen molar-refractivity contribution in [3.63, 3.8) is 0 Å². The van der Waals surface area contributed by atoms with Gasteiger partial charge < -0.3 is 19.3 Å². The standard InChI is InChI=1S/C10H11N4O4Si/c15-2-5-1-6(18-19)10(17-5)14-4-13-7-8(14)11-3-12-9(7)16/h3-6,10,15H,1-2H2,(H,11,12,16)/t5-,6+,10+/m0/s1. The quantitative estimate of drug-likeness (QED) is 0.689. The summed E-state index contributed by atoms with van der Waals surface area (Å²) >= 11 is 0. The lowest BCUT2D eigenvalue weighted by Gasteiger charge is -2.18. The minimum atomic E-state index is -0.492. The van der Waals surface area contributed by atoms with E-state index in [1.165, 1.54) is 12.7 Å². The Hall–Kier alpha value is -1.55. The fourth-order valence-electron chi connectivity index (χ4n) is 2.23. The Kier molecular flexibility index (Phi) is 3.19. The Labute approximate surface area is 110 Å². The van der Waals surface area contributed by atoms with Gasteiger partial charge in [0.05, 0.1) is 31.5 Å². The first kappa shape index (κ1) is 12.5. The lowest BCUT2D eigenvalue weighted by atomic mass is 10.2. The second-order valence-corrected chi connectivity index (χ2v) is 4.51. The van der Waals surface area contributed by atoms with E-state index in [9.17, 15) is 4.79 Å². The SMILES string of the molecule is O=c1[nH]cnc2c1ncn2[C@@H]1O[C@H](CO)C[C@H]1O[Si]. The number of rotatable bonds is 3. The van der Waals surface area contributed by atoms with Gasteiger partial charge in [0.25, 0.3) is 5.56 Å². The fourth-order valence-corrected chi connectivity index (χ4v) is 2.45. The minimum absolute atomic E-state index is 0.0940. The number of nitrogens with one attached hydrogen (secondary N) is 1. The lowest BCUT2D eigenvalue weighted by Crippen LogP contribution is -2.22. The summed E-state index contributed by atoms with van der Waals surface area (Å²) in [5.74, 6) is 0. The fraction of sp³-hybridized carbons (Fsp3) is 0.500. The van der Waals surface area contributed by atoms with Crippen molar-refractivity contribution in [1.29, 1.82) is 0 Å². The molecule has 2 aromatic rings. The number of H-pyrrole nitrogens is 1. The number of aromatic nitrogens is 4. The molecule has 2 N–H and O–H groups in total. The summed E-state index contributed by atoms with van der Waals surface area (Å²) in [7, 11) is 3.00. The molecule has 1 saturated heterocycles. The molecule has 8 nitrogen and oxygen atoms in total. The molecule has 19 heavy (non-hydrogen) atoms. The van der Waals surface area contributed by atoms with Crippen LogP contribution in [-0.4, -0.2) is 53.9 Å². The van der Waals surface area contributed by atoms with Gasteiger partial charge in [-0.2, -0.15) is 0 Å². The van der Waals surface area contributed by atoms with Crippen LogP contribution in [0, 0.1) is 0 Å². The number of hydrogen-bond acceptors (Lipinski definition) is 6. The molecule has 9 heteroatoms. The maximum Gasteiger partial charge on any atom is 0.278 e. The second kappa shape index (κ2) is 4.85. The normalized spacial score (nSPS) is 27.2. The third-order valence-corrected chi connectivity index (χ3v) is 3.44. The molecule has 0 saturated carbocycles. The first-order valence-corrected chi connectivity index (χ1v) is 6.14. The van der Waals surface area contributed by atoms with Crippen LogP contribution < -0.4 is 5.56 Å². The molecule has 3 heterocycles. The van der Waals surface area contributed by atoms with Gasteiger partial charge in [-0.3, -0.25) is 9.36 Å². The van der Waals surface area contributed by atoms with Crippen LogP contribution in [0.2, 0.25) is 0 Å². The van der Waals surface area contributed by atoms with Crippen molar-refractivity contribution in [1.82, 2.24) is 19.5 Å². The Bertz CT molecular complexity index is 642. The summed E-state index contributed by atoms with van der Waals surface area (Å²) in [6.45, 7) is -0.0940. The van der Waals surface area contributed by atoms with Crippen LogP contribution in [0.15, 0.2) is 17.4 Å². The monoisotopic (exact) mass is 279 g/mol. The van der Waals surface area contributed by atoms with Crippen LogP contribution in [-0.2, 0) is 9.16 Å². The van der Waals surface area contributed by atoms with Gasteiger partial charge in [0, 0.05) is 6.42 Å². The third-order valence-electron chi connectivity index (χ3n) is 3.14. The van der Waals surface area contributed by atoms with Crippen LogP contribution >= 0.6 is 0 Å². The molecule has 1 aliphatic heterocycles. The van der Waals surface area contributed by atoms with Crippen molar-refractivity contribution in [3.8, 4) is 0 Å². The first-order valence-electron chi connectivity index (χ1n) is 5.73. The average Bonchev–Trinajstić information content (AvgIpc) is 3.02. The van der Waals surface area contributed by atoms with E-state index in [0.717, 1.165) is 0 Å². The van der Waals surface area contributed by atoms with Crippen LogP contribution in [0.1, 0.15) is 12.6 Å². The third kappa shape index (κ3) is 2.00. The van der Waals surface area contributed by atoms with Gasteiger partial charge in [-0.25, -0.2) is 9.97 Å². The highest BCUT2D eigenvalue weighted by Crippen LogP contribution is 2.31. The second-order valence-electron chi connectivity index (χ2n) is 4.28. The maximum absolute atomic E-state index is 11.6. The zero-order valence-electron chi connectivity index (χ0n) is 9.81. The Balaban J connectivity index is 2.04. The molecule has 99 valence electrons. The number of nitrogens with zero attached hydrogens (tertiary/aromatic N) is 3. The van der Waals surface area contributed by atoms with Crippen molar-refractivity contribution >= 4 is 21.6 Å². The number of imidazole rings is 1. The Morgan fingerprint density at radius 1 is 1.63 bits per heavy atom. The summed E-state index contributed by atoms with van der Waals surface area (Å²) in [5.41, 5.74) is 0.351. The van der Waals surface area contributed by atoms with Gasteiger partial charge >= 0.3 is 0 Å². The molecule has 0 unspecified atom stereocenters. The van der Waals surface area contributed by atoms with Gasteiger partial charge in [0.2, 0.25) is 10.5 Å². The summed E-state index contributed by atoms with van der Waals surface area (Å²) in [5, 5.41) is 9.16. The highest BCUT2D eigenvalue weighted by atomic mass is 28.2. The predicted molar refractivity (Wildman–Crippen MR) is 64.4 cm³/mol.